The van der Waals surface area contributed by atoms with Gasteiger partial charge >= 0.3 is 59.1 Å². The molecule has 0 unspecified atom stereocenters. The second-order valence-electron chi connectivity index (χ2n) is 10.3. The number of nitro groups is 2. The van der Waals surface area contributed by atoms with Crippen LogP contribution in [-0.4, -0.2) is 35.8 Å². The van der Waals surface area contributed by atoms with Crippen molar-refractivity contribution in [1.82, 2.24) is 0 Å². The molecule has 0 saturated carbocycles. The van der Waals surface area contributed by atoms with E-state index >= 15 is 0 Å². The van der Waals surface area contributed by atoms with Crippen molar-refractivity contribution in [2.45, 2.75) is 9.79 Å². The second-order valence-corrected chi connectivity index (χ2v) is 13.1. The summed E-state index contributed by atoms with van der Waals surface area (Å²) in [5, 5.41) is 68.3. The third-order valence-electron chi connectivity index (χ3n) is 6.81. The van der Waals surface area contributed by atoms with Crippen molar-refractivity contribution in [3.05, 3.63) is 117 Å². The number of benzene rings is 5. The summed E-state index contributed by atoms with van der Waals surface area (Å²) in [5.41, 5.74) is -1.23. The number of azo groups is 2. The first kappa shape index (κ1) is 43.5. The summed E-state index contributed by atoms with van der Waals surface area (Å²) in [6, 6.07) is 19.3. The molecular weight excluding hydrogens is 774 g/mol. The van der Waals surface area contributed by atoms with Gasteiger partial charge in [-0.25, -0.2) is 0 Å². The van der Waals surface area contributed by atoms with Crippen LogP contribution in [0.1, 0.15) is 0 Å². The van der Waals surface area contributed by atoms with E-state index in [2.05, 4.69) is 31.1 Å². The molecule has 5 aromatic rings. The first-order valence-electron chi connectivity index (χ1n) is 14.1. The van der Waals surface area contributed by atoms with Crippen LogP contribution >= 0.6 is 0 Å². The molecule has 0 amide bonds. The first-order valence-corrected chi connectivity index (χ1v) is 17.0. The summed E-state index contributed by atoms with van der Waals surface area (Å²) >= 11 is 0. The van der Waals surface area contributed by atoms with Crippen molar-refractivity contribution in [1.29, 1.82) is 0 Å². The van der Waals surface area contributed by atoms with Gasteiger partial charge in [0.15, 0.2) is 0 Å². The van der Waals surface area contributed by atoms with Gasteiger partial charge in [-0.15, -0.1) is 0 Å². The van der Waals surface area contributed by atoms with Gasteiger partial charge in [0.1, 0.15) is 9.79 Å². The maximum atomic E-state index is 13.0. The monoisotopic (exact) mass is 794 g/mol. The number of nitro benzene ring substituents is 2. The molecule has 0 aliphatic carbocycles. The number of hydrogen-bond donors (Lipinski definition) is 4. The Hall–Kier alpha value is -4.88. The second kappa shape index (κ2) is 18.0. The van der Waals surface area contributed by atoms with Crippen molar-refractivity contribution in [2.75, 3.05) is 10.6 Å². The molecule has 24 heteroatoms. The molecule has 0 bridgehead atoms. The fourth-order valence-corrected chi connectivity index (χ4v) is 5.68. The molecule has 0 heterocycles. The Bertz CT molecular complexity index is 2510. The molecule has 5 aromatic carbocycles. The number of rotatable bonds is 12. The fourth-order valence-electron chi connectivity index (χ4n) is 4.35. The summed E-state index contributed by atoms with van der Waals surface area (Å²) in [7, 11) is -9.64. The zero-order valence-electron chi connectivity index (χ0n) is 27.7. The maximum absolute atomic E-state index is 13.0. The molecule has 0 aromatic heterocycles. The van der Waals surface area contributed by atoms with E-state index < -0.39 is 68.4 Å². The van der Waals surface area contributed by atoms with Crippen molar-refractivity contribution in [2.24, 2.45) is 20.5 Å². The largest absolute Gasteiger partial charge is 1.00 e. The smallest absolute Gasteiger partial charge is 0.871 e. The van der Waals surface area contributed by atoms with E-state index in [1.807, 2.05) is 0 Å². The van der Waals surface area contributed by atoms with Gasteiger partial charge in [-0.05, 0) is 66.7 Å². The van der Waals surface area contributed by atoms with E-state index in [1.54, 1.807) is 0 Å². The fraction of sp³-hybridized carbons (Fsp3) is 0. The van der Waals surface area contributed by atoms with E-state index in [-0.39, 0.29) is 93.2 Å². The van der Waals surface area contributed by atoms with Gasteiger partial charge in [-0.1, -0.05) is 17.6 Å². The van der Waals surface area contributed by atoms with Crippen molar-refractivity contribution >= 4 is 77.1 Å². The van der Waals surface area contributed by atoms with Crippen LogP contribution in [-0.2, 0) is 20.2 Å². The van der Waals surface area contributed by atoms with Crippen molar-refractivity contribution < 1.29 is 105 Å². The van der Waals surface area contributed by atoms with Crippen LogP contribution in [0.5, 0.6) is 11.5 Å². The number of nitrogens with one attached hydrogen (secondary N) is 2. The van der Waals surface area contributed by atoms with Gasteiger partial charge in [-0.3, -0.25) is 29.3 Å². The van der Waals surface area contributed by atoms with Gasteiger partial charge in [0.25, 0.3) is 31.6 Å². The Morgan fingerprint density at radius 2 is 0.963 bits per heavy atom. The Balaban J connectivity index is 0.00000392. The van der Waals surface area contributed by atoms with Crippen LogP contribution in [0.2, 0.25) is 0 Å². The van der Waals surface area contributed by atoms with Crippen molar-refractivity contribution in [3.8, 4) is 11.5 Å². The molecule has 0 saturated heterocycles. The quantitative estimate of drug-likeness (QED) is 0.0439. The molecule has 0 atom stereocenters. The molecule has 0 fully saturated rings. The molecule has 0 aliphatic heterocycles. The average Bonchev–Trinajstić information content (AvgIpc) is 3.08. The average molecular weight is 795 g/mol. The Kier molecular flexibility index (Phi) is 14.5. The third-order valence-corrected chi connectivity index (χ3v) is 8.60. The molecule has 20 nitrogen and oxygen atoms in total. The first-order chi connectivity index (χ1) is 24.5. The normalized spacial score (nSPS) is 11.4. The van der Waals surface area contributed by atoms with Crippen LogP contribution in [0.15, 0.2) is 127 Å². The van der Waals surface area contributed by atoms with E-state index in [1.165, 1.54) is 48.5 Å². The molecule has 0 radical (unpaired) electrons. The van der Waals surface area contributed by atoms with Crippen molar-refractivity contribution in [3.63, 3.8) is 0 Å². The predicted molar refractivity (Wildman–Crippen MR) is 179 cm³/mol. The van der Waals surface area contributed by atoms with E-state index in [9.17, 15) is 56.4 Å². The van der Waals surface area contributed by atoms with E-state index in [0.717, 1.165) is 36.4 Å². The Labute approximate surface area is 349 Å². The Morgan fingerprint density at radius 3 is 1.35 bits per heavy atom. The summed E-state index contributed by atoms with van der Waals surface area (Å²) < 4.78 is 66.1. The summed E-state index contributed by atoms with van der Waals surface area (Å²) in [5.74, 6) is -1.64. The molecule has 5 rings (SSSR count). The summed E-state index contributed by atoms with van der Waals surface area (Å²) in [6.45, 7) is 0. The van der Waals surface area contributed by atoms with Gasteiger partial charge in [0, 0.05) is 35.6 Å². The van der Waals surface area contributed by atoms with E-state index in [0.29, 0.717) is 17.8 Å². The number of nitrogens with zero attached hydrogens (tertiary/aromatic N) is 6. The van der Waals surface area contributed by atoms with Gasteiger partial charge in [0.2, 0.25) is 0 Å². The zero-order valence-corrected chi connectivity index (χ0v) is 33.3. The minimum Gasteiger partial charge on any atom is -0.871 e. The van der Waals surface area contributed by atoms with Crippen LogP contribution in [0, 0.1) is 20.2 Å². The molecule has 0 spiro atoms. The minimum absolute atomic E-state index is 0. The molecule has 54 heavy (non-hydrogen) atoms. The topological polar surface area (TPSA) is 315 Å². The summed E-state index contributed by atoms with van der Waals surface area (Å²) in [6.07, 6.45) is 0. The van der Waals surface area contributed by atoms with Crippen LogP contribution in [0.25, 0.3) is 0 Å². The zero-order chi connectivity index (χ0) is 37.8. The van der Waals surface area contributed by atoms with Crippen LogP contribution in [0.4, 0.5) is 56.9 Å². The summed E-state index contributed by atoms with van der Waals surface area (Å²) in [4.78, 5) is 19.0. The third kappa shape index (κ3) is 10.8. The number of non-ortho nitro benzene ring substituents is 2. The Morgan fingerprint density at radius 1 is 0.556 bits per heavy atom. The van der Waals surface area contributed by atoms with Crippen LogP contribution in [0.3, 0.4) is 0 Å². The van der Waals surface area contributed by atoms with Crippen LogP contribution < -0.4 is 80.0 Å². The molecule has 4 N–H and O–H groups in total. The van der Waals surface area contributed by atoms with Gasteiger partial charge in [0.05, 0.1) is 44.0 Å². The standard InChI is InChI=1S/C30H22N8O12S2.2Na/c39-26-14-13-25(35-33-19-5-1-17(2-6-19)31-23-11-9-21(37(41)42)15-27(23)51(45,46)47)30(40)29(26)36-34-20-7-3-18(4-8-20)32-24-12-10-22(38(43)44)16-28(24)52(48,49)50;;/h1-16,31-32,39-40H,(H,45,46,47)(H,48,49,50);;/q;2*+1/p-2. The molecular formula is C30H20N8Na2O12S2. The number of anilines is 4. The minimum atomic E-state index is -4.83. The van der Waals surface area contributed by atoms with Gasteiger partial charge in [-0.2, -0.15) is 37.3 Å². The number of hydrogen-bond acceptors (Lipinski definition) is 16. The SMILES string of the molecule is O=[N+]([O-])c1ccc(Nc2ccc(N=Nc3ccc([O-])c(N=Nc4ccc(Nc5ccc([N+](=O)[O-])cc5S(=O)(=O)O)cc4)c3[O-])cc2)c(S(=O)(=O)O)c1.[Na+].[Na+]. The molecule has 0 aliphatic rings. The maximum Gasteiger partial charge on any atom is 1.00 e. The van der Waals surface area contributed by atoms with E-state index in [4.69, 9.17) is 0 Å². The van der Waals surface area contributed by atoms with Gasteiger partial charge < -0.3 is 20.8 Å². The predicted octanol–water partition coefficient (Wildman–Crippen LogP) is 0.470. The molecule has 266 valence electrons.